The Kier molecular flexibility index (Phi) is 6.42. The molecule has 0 saturated carbocycles. The van der Waals surface area contributed by atoms with Crippen LogP contribution in [0.3, 0.4) is 0 Å². The van der Waals surface area contributed by atoms with Crippen molar-refractivity contribution in [2.45, 2.75) is 57.5 Å². The first kappa shape index (κ1) is 20.3. The smallest absolute Gasteiger partial charge is 0.254 e. The van der Waals surface area contributed by atoms with E-state index in [4.69, 9.17) is 0 Å². The van der Waals surface area contributed by atoms with E-state index in [1.807, 2.05) is 30.3 Å². The third-order valence-electron chi connectivity index (χ3n) is 6.35. The van der Waals surface area contributed by atoms with Gasteiger partial charge in [-0.1, -0.05) is 36.0 Å². The SMILES string of the molecule is C[C@@H]1CCCN1C[C@@H]1CCCN1C(=O)c1ccc(C2=CCCC=C(C#N)S2)cc1. The van der Waals surface area contributed by atoms with Crippen molar-refractivity contribution >= 4 is 22.6 Å². The molecule has 0 aliphatic carbocycles. The largest absolute Gasteiger partial charge is 0.334 e. The molecule has 0 spiro atoms. The number of hydrogen-bond donors (Lipinski definition) is 0. The second kappa shape index (κ2) is 9.19. The van der Waals surface area contributed by atoms with E-state index < -0.39 is 0 Å². The van der Waals surface area contributed by atoms with Crippen molar-refractivity contribution < 1.29 is 4.79 Å². The summed E-state index contributed by atoms with van der Waals surface area (Å²) in [6.07, 6.45) is 10.8. The van der Waals surface area contributed by atoms with Crippen molar-refractivity contribution in [1.29, 1.82) is 5.26 Å². The minimum Gasteiger partial charge on any atom is -0.334 e. The molecule has 5 heteroatoms. The Bertz CT molecular complexity index is 852. The van der Waals surface area contributed by atoms with E-state index in [0.717, 1.165) is 59.7 Å². The summed E-state index contributed by atoms with van der Waals surface area (Å²) >= 11 is 1.52. The van der Waals surface area contributed by atoms with Crippen LogP contribution < -0.4 is 0 Å². The molecule has 0 aromatic heterocycles. The number of rotatable bonds is 4. The van der Waals surface area contributed by atoms with E-state index in [1.165, 1.54) is 31.1 Å². The molecule has 0 N–H and O–H groups in total. The minimum absolute atomic E-state index is 0.158. The van der Waals surface area contributed by atoms with Gasteiger partial charge < -0.3 is 4.90 Å². The van der Waals surface area contributed by atoms with Crippen LogP contribution in [0.25, 0.3) is 4.91 Å². The maximum atomic E-state index is 13.2. The molecule has 4 nitrogen and oxygen atoms in total. The topological polar surface area (TPSA) is 47.3 Å². The summed E-state index contributed by atoms with van der Waals surface area (Å²) in [7, 11) is 0. The second-order valence-corrected chi connectivity index (χ2v) is 9.37. The average molecular weight is 408 g/mol. The summed E-state index contributed by atoms with van der Waals surface area (Å²) in [5, 5.41) is 9.24. The first-order valence-electron chi connectivity index (χ1n) is 10.8. The molecule has 2 saturated heterocycles. The van der Waals surface area contributed by atoms with Crippen LogP contribution >= 0.6 is 11.8 Å². The Hall–Kier alpha value is -2.03. The van der Waals surface area contributed by atoms with Crippen molar-refractivity contribution in [3.63, 3.8) is 0 Å². The Morgan fingerprint density at radius 1 is 1.14 bits per heavy atom. The zero-order valence-corrected chi connectivity index (χ0v) is 18.0. The lowest BCUT2D eigenvalue weighted by molar-refractivity contribution is 0.0696. The molecule has 1 aromatic rings. The third-order valence-corrected chi connectivity index (χ3v) is 7.45. The van der Waals surface area contributed by atoms with Crippen LogP contribution in [0.5, 0.6) is 0 Å². The summed E-state index contributed by atoms with van der Waals surface area (Å²) in [5.41, 5.74) is 1.85. The predicted octanol–water partition coefficient (Wildman–Crippen LogP) is 5.05. The van der Waals surface area contributed by atoms with Gasteiger partial charge in [0.25, 0.3) is 5.91 Å². The van der Waals surface area contributed by atoms with Gasteiger partial charge in [0, 0.05) is 35.6 Å². The quantitative estimate of drug-likeness (QED) is 0.701. The van der Waals surface area contributed by atoms with E-state index in [0.29, 0.717) is 12.1 Å². The van der Waals surface area contributed by atoms with E-state index >= 15 is 0 Å². The van der Waals surface area contributed by atoms with E-state index in [9.17, 15) is 10.1 Å². The van der Waals surface area contributed by atoms with E-state index in [-0.39, 0.29) is 5.91 Å². The van der Waals surface area contributed by atoms with Gasteiger partial charge in [0.2, 0.25) is 0 Å². The van der Waals surface area contributed by atoms with Gasteiger partial charge in [-0.3, -0.25) is 9.69 Å². The number of allylic oxidation sites excluding steroid dienone is 3. The third kappa shape index (κ3) is 4.60. The van der Waals surface area contributed by atoms with Crippen molar-refractivity contribution in [3.05, 3.63) is 52.4 Å². The summed E-state index contributed by atoms with van der Waals surface area (Å²) in [6.45, 7) is 5.35. The molecule has 29 heavy (non-hydrogen) atoms. The fourth-order valence-electron chi connectivity index (χ4n) is 4.65. The summed E-state index contributed by atoms with van der Waals surface area (Å²) < 4.78 is 0. The maximum absolute atomic E-state index is 13.2. The number of hydrogen-bond acceptors (Lipinski definition) is 4. The molecule has 3 heterocycles. The van der Waals surface area contributed by atoms with Crippen molar-refractivity contribution in [2.24, 2.45) is 0 Å². The lowest BCUT2D eigenvalue weighted by atomic mass is 10.1. The second-order valence-electron chi connectivity index (χ2n) is 8.29. The molecule has 1 aromatic carbocycles. The van der Waals surface area contributed by atoms with Gasteiger partial charge in [-0.05, 0) is 69.7 Å². The molecule has 4 rings (SSSR count). The van der Waals surface area contributed by atoms with Crippen LogP contribution in [-0.2, 0) is 0 Å². The fraction of sp³-hybridized carbons (Fsp3) is 0.500. The first-order valence-corrected chi connectivity index (χ1v) is 11.6. The van der Waals surface area contributed by atoms with E-state index in [2.05, 4.69) is 28.9 Å². The normalized spacial score (nSPS) is 25.3. The van der Waals surface area contributed by atoms with Crippen LogP contribution in [-0.4, -0.2) is 47.4 Å². The van der Waals surface area contributed by atoms with Crippen LogP contribution in [0.2, 0.25) is 0 Å². The van der Waals surface area contributed by atoms with Gasteiger partial charge in [-0.25, -0.2) is 0 Å². The highest BCUT2D eigenvalue weighted by molar-refractivity contribution is 8.12. The predicted molar refractivity (Wildman–Crippen MR) is 119 cm³/mol. The summed E-state index contributed by atoms with van der Waals surface area (Å²) in [4.78, 5) is 19.7. The van der Waals surface area contributed by atoms with Crippen molar-refractivity contribution in [3.8, 4) is 6.07 Å². The van der Waals surface area contributed by atoms with Crippen LogP contribution in [0, 0.1) is 11.3 Å². The van der Waals surface area contributed by atoms with Gasteiger partial charge in [0.15, 0.2) is 0 Å². The highest BCUT2D eigenvalue weighted by Gasteiger charge is 2.33. The Labute approximate surface area is 178 Å². The number of nitrogens with zero attached hydrogens (tertiary/aromatic N) is 3. The van der Waals surface area contributed by atoms with Crippen LogP contribution in [0.4, 0.5) is 0 Å². The first-order chi connectivity index (χ1) is 14.2. The molecular formula is C24H29N3OS. The highest BCUT2D eigenvalue weighted by Crippen LogP contribution is 2.36. The number of amides is 1. The van der Waals surface area contributed by atoms with Crippen molar-refractivity contribution in [1.82, 2.24) is 9.80 Å². The number of nitriles is 1. The molecule has 0 bridgehead atoms. The number of carbonyl (C=O) groups excluding carboxylic acids is 1. The lowest BCUT2D eigenvalue weighted by Crippen LogP contribution is -2.44. The molecule has 0 unspecified atom stereocenters. The molecule has 152 valence electrons. The summed E-state index contributed by atoms with van der Waals surface area (Å²) in [6, 6.07) is 11.2. The van der Waals surface area contributed by atoms with Gasteiger partial charge in [-0.2, -0.15) is 5.26 Å². The molecule has 0 radical (unpaired) electrons. The zero-order chi connectivity index (χ0) is 20.2. The highest BCUT2D eigenvalue weighted by atomic mass is 32.2. The van der Waals surface area contributed by atoms with E-state index in [1.54, 1.807) is 0 Å². The lowest BCUT2D eigenvalue weighted by Gasteiger charge is -2.30. The molecule has 3 aliphatic rings. The average Bonchev–Trinajstić information content (AvgIpc) is 3.29. The van der Waals surface area contributed by atoms with Gasteiger partial charge in [0.1, 0.15) is 6.07 Å². The molecular weight excluding hydrogens is 378 g/mol. The Morgan fingerprint density at radius 3 is 2.62 bits per heavy atom. The molecule has 2 fully saturated rings. The zero-order valence-electron chi connectivity index (χ0n) is 17.1. The number of thioether (sulfide) groups is 1. The minimum atomic E-state index is 0.158. The fourth-order valence-corrected chi connectivity index (χ4v) is 5.59. The Morgan fingerprint density at radius 2 is 1.90 bits per heavy atom. The number of likely N-dealkylation sites (tertiary alicyclic amines) is 2. The molecule has 2 atom stereocenters. The number of carbonyl (C=O) groups is 1. The standard InChI is InChI=1S/C24H29N3OS/c1-18-6-4-14-26(18)17-21-7-5-15-27(21)24(28)20-12-10-19(11-13-20)23-9-3-2-8-22(16-25)29-23/h8-13,18,21H,2-7,14-15,17H2,1H3/t18-,21+/m1/s1. The van der Waals surface area contributed by atoms with Gasteiger partial charge in [0.05, 0.1) is 4.91 Å². The number of benzene rings is 1. The molecule has 3 aliphatic heterocycles. The van der Waals surface area contributed by atoms with Crippen molar-refractivity contribution in [2.75, 3.05) is 19.6 Å². The van der Waals surface area contributed by atoms with Gasteiger partial charge in [-0.15, -0.1) is 0 Å². The van der Waals surface area contributed by atoms with Crippen LogP contribution in [0.1, 0.15) is 61.4 Å². The van der Waals surface area contributed by atoms with Crippen LogP contribution in [0.15, 0.2) is 41.3 Å². The maximum Gasteiger partial charge on any atom is 0.254 e. The molecule has 1 amide bonds. The Balaban J connectivity index is 1.44. The monoisotopic (exact) mass is 407 g/mol. The van der Waals surface area contributed by atoms with Gasteiger partial charge >= 0.3 is 0 Å². The summed E-state index contributed by atoms with van der Waals surface area (Å²) in [5.74, 6) is 0.158.